The van der Waals surface area contributed by atoms with Crippen LogP contribution in [0.1, 0.15) is 24.0 Å². The summed E-state index contributed by atoms with van der Waals surface area (Å²) in [7, 11) is -3.53. The Hall–Kier alpha value is -0.630. The topological polar surface area (TPSA) is 69.6 Å². The summed E-state index contributed by atoms with van der Waals surface area (Å²) in [6.07, 6.45) is 1.41. The van der Waals surface area contributed by atoms with Crippen LogP contribution in [0.3, 0.4) is 0 Å². The molecule has 0 bridgehead atoms. The lowest BCUT2D eigenvalue weighted by Crippen LogP contribution is -2.42. The summed E-state index contributed by atoms with van der Waals surface area (Å²) in [6, 6.07) is 3.63. The second-order valence-corrected chi connectivity index (χ2v) is 8.02. The van der Waals surface area contributed by atoms with E-state index in [-0.39, 0.29) is 12.5 Å². The van der Waals surface area contributed by atoms with Crippen molar-refractivity contribution >= 4 is 31.8 Å². The smallest absolute Gasteiger partial charge is 0.301 e. The number of rotatable bonds is 4. The lowest BCUT2D eigenvalue weighted by Gasteiger charge is -2.30. The van der Waals surface area contributed by atoms with Crippen molar-refractivity contribution in [3.05, 3.63) is 27.7 Å². The molecule has 1 aliphatic rings. The van der Waals surface area contributed by atoms with Crippen LogP contribution >= 0.6 is 15.9 Å². The number of hydrogen-bond donors (Lipinski definition) is 2. The number of halogens is 1. The molecule has 0 unspecified atom stereocenters. The van der Waals surface area contributed by atoms with Crippen LogP contribution in [0.25, 0.3) is 0 Å². The van der Waals surface area contributed by atoms with Crippen LogP contribution in [0.4, 0.5) is 5.69 Å². The fraction of sp³-hybridized carbons (Fsp3) is 0.571. The normalized spacial score (nSPS) is 17.9. The number of aliphatic hydroxyl groups excluding tert-OH is 1. The molecule has 21 heavy (non-hydrogen) atoms. The molecule has 0 atom stereocenters. The molecule has 1 heterocycles. The minimum atomic E-state index is -3.53. The van der Waals surface area contributed by atoms with E-state index in [0.717, 1.165) is 15.6 Å². The first-order chi connectivity index (χ1) is 9.83. The van der Waals surface area contributed by atoms with Crippen molar-refractivity contribution in [1.82, 2.24) is 4.31 Å². The highest BCUT2D eigenvalue weighted by molar-refractivity contribution is 9.10. The molecule has 118 valence electrons. The Morgan fingerprint density at radius 3 is 2.29 bits per heavy atom. The van der Waals surface area contributed by atoms with E-state index >= 15 is 0 Å². The van der Waals surface area contributed by atoms with Gasteiger partial charge in [-0.15, -0.1) is 0 Å². The quantitative estimate of drug-likeness (QED) is 0.847. The van der Waals surface area contributed by atoms with Gasteiger partial charge in [0.25, 0.3) is 0 Å². The molecule has 2 rings (SSSR count). The van der Waals surface area contributed by atoms with Crippen LogP contribution in [-0.2, 0) is 10.2 Å². The highest BCUT2D eigenvalue weighted by Gasteiger charge is 2.27. The van der Waals surface area contributed by atoms with E-state index in [0.29, 0.717) is 31.6 Å². The Bertz CT molecular complexity index is 588. The first-order valence-corrected chi connectivity index (χ1v) is 9.22. The van der Waals surface area contributed by atoms with Gasteiger partial charge >= 0.3 is 10.2 Å². The van der Waals surface area contributed by atoms with Crippen LogP contribution in [-0.4, -0.2) is 37.5 Å². The number of aryl methyl sites for hydroxylation is 2. The predicted molar refractivity (Wildman–Crippen MR) is 87.5 cm³/mol. The van der Waals surface area contributed by atoms with Crippen molar-refractivity contribution in [2.75, 3.05) is 24.4 Å². The largest absolute Gasteiger partial charge is 0.396 e. The second-order valence-electron chi connectivity index (χ2n) is 5.56. The van der Waals surface area contributed by atoms with Gasteiger partial charge in [-0.3, -0.25) is 4.72 Å². The van der Waals surface area contributed by atoms with Crippen LogP contribution in [0.5, 0.6) is 0 Å². The molecular formula is C14H21BrN2O3S. The van der Waals surface area contributed by atoms with E-state index in [9.17, 15) is 8.42 Å². The van der Waals surface area contributed by atoms with Gasteiger partial charge in [0.15, 0.2) is 0 Å². The number of benzene rings is 1. The number of piperidine rings is 1. The van der Waals surface area contributed by atoms with Gasteiger partial charge in [0.2, 0.25) is 0 Å². The molecule has 5 nitrogen and oxygen atoms in total. The average Bonchev–Trinajstić information content (AvgIpc) is 2.44. The number of aliphatic hydroxyl groups is 1. The van der Waals surface area contributed by atoms with Crippen molar-refractivity contribution < 1.29 is 13.5 Å². The van der Waals surface area contributed by atoms with Crippen LogP contribution in [0.15, 0.2) is 16.6 Å². The van der Waals surface area contributed by atoms with Gasteiger partial charge in [0.1, 0.15) is 0 Å². The molecule has 7 heteroatoms. The molecule has 0 amide bonds. The van der Waals surface area contributed by atoms with E-state index in [1.54, 1.807) is 0 Å². The maximum atomic E-state index is 12.4. The lowest BCUT2D eigenvalue weighted by molar-refractivity contribution is 0.170. The molecule has 0 saturated carbocycles. The van der Waals surface area contributed by atoms with Gasteiger partial charge in [-0.05, 0) is 55.9 Å². The monoisotopic (exact) mass is 376 g/mol. The maximum Gasteiger partial charge on any atom is 0.301 e. The summed E-state index contributed by atoms with van der Waals surface area (Å²) in [6.45, 7) is 4.90. The third-order valence-corrected chi connectivity index (χ3v) is 6.64. The molecule has 1 saturated heterocycles. The molecule has 2 N–H and O–H groups in total. The first kappa shape index (κ1) is 16.7. The van der Waals surface area contributed by atoms with E-state index in [1.807, 2.05) is 26.0 Å². The van der Waals surface area contributed by atoms with E-state index in [2.05, 4.69) is 20.7 Å². The van der Waals surface area contributed by atoms with E-state index < -0.39 is 10.2 Å². The minimum Gasteiger partial charge on any atom is -0.396 e. The van der Waals surface area contributed by atoms with Crippen molar-refractivity contribution in [2.45, 2.75) is 26.7 Å². The summed E-state index contributed by atoms with van der Waals surface area (Å²) < 4.78 is 29.9. The Morgan fingerprint density at radius 2 is 1.81 bits per heavy atom. The van der Waals surface area contributed by atoms with Crippen LogP contribution < -0.4 is 4.72 Å². The van der Waals surface area contributed by atoms with Crippen molar-refractivity contribution in [3.63, 3.8) is 0 Å². The van der Waals surface area contributed by atoms with Gasteiger partial charge in [-0.25, -0.2) is 0 Å². The zero-order valence-electron chi connectivity index (χ0n) is 12.3. The summed E-state index contributed by atoms with van der Waals surface area (Å²) in [4.78, 5) is 0. The maximum absolute atomic E-state index is 12.4. The third kappa shape index (κ3) is 3.97. The number of nitrogens with zero attached hydrogens (tertiary/aromatic N) is 1. The summed E-state index contributed by atoms with van der Waals surface area (Å²) in [5.41, 5.74) is 2.57. The predicted octanol–water partition coefficient (Wildman–Crippen LogP) is 2.43. The molecule has 1 aromatic rings. The van der Waals surface area contributed by atoms with Crippen LogP contribution in [0.2, 0.25) is 0 Å². The van der Waals surface area contributed by atoms with Crippen LogP contribution in [0, 0.1) is 19.8 Å². The molecule has 1 aliphatic heterocycles. The van der Waals surface area contributed by atoms with Gasteiger partial charge in [0.05, 0.1) is 5.69 Å². The minimum absolute atomic E-state index is 0.131. The Kier molecular flexibility index (Phi) is 5.29. The molecule has 0 spiro atoms. The van der Waals surface area contributed by atoms with E-state index in [1.165, 1.54) is 4.31 Å². The second kappa shape index (κ2) is 6.64. The molecule has 1 fully saturated rings. The molecular weight excluding hydrogens is 356 g/mol. The zero-order valence-corrected chi connectivity index (χ0v) is 14.7. The summed E-state index contributed by atoms with van der Waals surface area (Å²) in [5, 5.41) is 9.11. The fourth-order valence-corrected chi connectivity index (χ4v) is 4.02. The van der Waals surface area contributed by atoms with Gasteiger partial charge < -0.3 is 5.11 Å². The van der Waals surface area contributed by atoms with Gasteiger partial charge in [-0.1, -0.05) is 15.9 Å². The average molecular weight is 377 g/mol. The number of nitrogens with one attached hydrogen (secondary N) is 1. The molecule has 0 aromatic heterocycles. The van der Waals surface area contributed by atoms with Crippen molar-refractivity contribution in [2.24, 2.45) is 5.92 Å². The SMILES string of the molecule is Cc1cc(NS(=O)(=O)N2CCC(CO)CC2)cc(C)c1Br. The third-order valence-electron chi connectivity index (χ3n) is 3.85. The van der Waals surface area contributed by atoms with E-state index in [4.69, 9.17) is 5.11 Å². The zero-order chi connectivity index (χ0) is 15.6. The van der Waals surface area contributed by atoms with Crippen molar-refractivity contribution in [1.29, 1.82) is 0 Å². The highest BCUT2D eigenvalue weighted by atomic mass is 79.9. The Labute approximate surface area is 134 Å². The Morgan fingerprint density at radius 1 is 1.29 bits per heavy atom. The lowest BCUT2D eigenvalue weighted by atomic mass is 10.00. The summed E-state index contributed by atoms with van der Waals surface area (Å²) >= 11 is 3.47. The highest BCUT2D eigenvalue weighted by Crippen LogP contribution is 2.26. The molecule has 1 aromatic carbocycles. The van der Waals surface area contributed by atoms with Gasteiger partial charge in [-0.2, -0.15) is 12.7 Å². The number of hydrogen-bond acceptors (Lipinski definition) is 3. The van der Waals surface area contributed by atoms with Crippen molar-refractivity contribution in [3.8, 4) is 0 Å². The summed E-state index contributed by atoms with van der Waals surface area (Å²) in [5.74, 6) is 0.216. The molecule has 0 radical (unpaired) electrons. The first-order valence-electron chi connectivity index (χ1n) is 6.99. The Balaban J connectivity index is 2.11. The molecule has 0 aliphatic carbocycles. The standard InChI is InChI=1S/C14H21BrN2O3S/c1-10-7-13(8-11(2)14(10)15)16-21(19,20)17-5-3-12(9-18)4-6-17/h7-8,12,16,18H,3-6,9H2,1-2H3. The van der Waals surface area contributed by atoms with Gasteiger partial charge in [0, 0.05) is 24.2 Å². The fourth-order valence-electron chi connectivity index (χ4n) is 2.55. The number of anilines is 1.